The molecule has 0 aliphatic heterocycles. The number of hydrogen-bond donors (Lipinski definition) is 2. The summed E-state index contributed by atoms with van der Waals surface area (Å²) in [6.07, 6.45) is 0.851. The van der Waals surface area contributed by atoms with Crippen molar-refractivity contribution in [1.82, 2.24) is 9.97 Å². The number of nitrogens with zero attached hydrogens (tertiary/aromatic N) is 2. The molecule has 0 bridgehead atoms. The van der Waals surface area contributed by atoms with E-state index in [0.717, 1.165) is 36.0 Å². The Morgan fingerprint density at radius 3 is 2.22 bits per heavy atom. The van der Waals surface area contributed by atoms with Gasteiger partial charge in [0.1, 0.15) is 17.5 Å². The van der Waals surface area contributed by atoms with Gasteiger partial charge in [-0.2, -0.15) is 0 Å². The summed E-state index contributed by atoms with van der Waals surface area (Å²) in [6.45, 7) is 11.8. The lowest BCUT2D eigenvalue weighted by Gasteiger charge is -2.18. The Balaban J connectivity index is 2.87. The summed E-state index contributed by atoms with van der Waals surface area (Å²) in [5.74, 6) is 4.06. The van der Waals surface area contributed by atoms with Gasteiger partial charge < -0.3 is 10.6 Å². The highest BCUT2D eigenvalue weighted by atomic mass is 15.1. The molecule has 18 heavy (non-hydrogen) atoms. The molecule has 0 saturated heterocycles. The second kappa shape index (κ2) is 6.57. The Hall–Kier alpha value is -1.32. The summed E-state index contributed by atoms with van der Waals surface area (Å²) in [6, 6.07) is 0. The molecule has 1 atom stereocenters. The van der Waals surface area contributed by atoms with Crippen LogP contribution in [-0.2, 0) is 6.42 Å². The molecule has 0 spiro atoms. The topological polar surface area (TPSA) is 49.8 Å². The van der Waals surface area contributed by atoms with Crippen LogP contribution in [0.4, 0.5) is 11.6 Å². The maximum Gasteiger partial charge on any atom is 0.134 e. The molecule has 1 heterocycles. The van der Waals surface area contributed by atoms with E-state index in [1.807, 2.05) is 14.0 Å². The van der Waals surface area contributed by atoms with Crippen LogP contribution in [0.2, 0.25) is 0 Å². The van der Waals surface area contributed by atoms with Crippen LogP contribution in [0.25, 0.3) is 0 Å². The first-order valence-corrected chi connectivity index (χ1v) is 6.78. The molecule has 0 aromatic carbocycles. The monoisotopic (exact) mass is 250 g/mol. The fraction of sp³-hybridized carbons (Fsp3) is 0.714. The average molecular weight is 250 g/mol. The van der Waals surface area contributed by atoms with Gasteiger partial charge in [-0.3, -0.25) is 0 Å². The third-order valence-corrected chi connectivity index (χ3v) is 3.47. The second-order valence-corrected chi connectivity index (χ2v) is 5.17. The molecule has 0 aliphatic carbocycles. The van der Waals surface area contributed by atoms with E-state index in [0.29, 0.717) is 11.8 Å². The average Bonchev–Trinajstić information content (AvgIpc) is 2.36. The van der Waals surface area contributed by atoms with Gasteiger partial charge in [0.25, 0.3) is 0 Å². The van der Waals surface area contributed by atoms with E-state index in [-0.39, 0.29) is 0 Å². The molecule has 1 aromatic heterocycles. The van der Waals surface area contributed by atoms with E-state index in [1.54, 1.807) is 0 Å². The minimum Gasteiger partial charge on any atom is -0.373 e. The van der Waals surface area contributed by atoms with E-state index < -0.39 is 0 Å². The largest absolute Gasteiger partial charge is 0.373 e. The van der Waals surface area contributed by atoms with Crippen molar-refractivity contribution in [2.75, 3.05) is 24.2 Å². The second-order valence-electron chi connectivity index (χ2n) is 5.17. The van der Waals surface area contributed by atoms with Crippen LogP contribution < -0.4 is 10.6 Å². The van der Waals surface area contributed by atoms with Crippen LogP contribution >= 0.6 is 0 Å². The van der Waals surface area contributed by atoms with Crippen molar-refractivity contribution in [2.24, 2.45) is 11.8 Å². The van der Waals surface area contributed by atoms with Gasteiger partial charge in [0.15, 0.2) is 0 Å². The molecule has 0 saturated carbocycles. The third kappa shape index (κ3) is 3.59. The predicted octanol–water partition coefficient (Wildman–Crippen LogP) is 3.09. The van der Waals surface area contributed by atoms with Gasteiger partial charge in [-0.25, -0.2) is 9.97 Å². The fourth-order valence-electron chi connectivity index (χ4n) is 1.63. The zero-order valence-electron chi connectivity index (χ0n) is 12.5. The summed E-state index contributed by atoms with van der Waals surface area (Å²) in [4.78, 5) is 9.04. The lowest BCUT2D eigenvalue weighted by Crippen LogP contribution is -2.18. The molecular weight excluding hydrogens is 224 g/mol. The van der Waals surface area contributed by atoms with Crippen molar-refractivity contribution in [3.8, 4) is 0 Å². The summed E-state index contributed by atoms with van der Waals surface area (Å²) in [5, 5.41) is 6.58. The minimum absolute atomic E-state index is 0.627. The van der Waals surface area contributed by atoms with Crippen molar-refractivity contribution in [3.05, 3.63) is 11.4 Å². The van der Waals surface area contributed by atoms with Gasteiger partial charge >= 0.3 is 0 Å². The fourth-order valence-corrected chi connectivity index (χ4v) is 1.63. The molecule has 4 heteroatoms. The van der Waals surface area contributed by atoms with Gasteiger partial charge in [-0.1, -0.05) is 27.7 Å². The van der Waals surface area contributed by atoms with Crippen molar-refractivity contribution in [1.29, 1.82) is 0 Å². The lowest BCUT2D eigenvalue weighted by atomic mass is 9.98. The molecular formula is C14H26N4. The molecule has 0 radical (unpaired) electrons. The van der Waals surface area contributed by atoms with Gasteiger partial charge in [0.05, 0.1) is 0 Å². The van der Waals surface area contributed by atoms with Crippen LogP contribution in [0.5, 0.6) is 0 Å². The summed E-state index contributed by atoms with van der Waals surface area (Å²) < 4.78 is 0. The van der Waals surface area contributed by atoms with Crippen LogP contribution in [0.3, 0.4) is 0 Å². The number of aromatic nitrogens is 2. The van der Waals surface area contributed by atoms with E-state index in [1.165, 1.54) is 0 Å². The van der Waals surface area contributed by atoms with E-state index in [2.05, 4.69) is 48.3 Å². The molecule has 102 valence electrons. The molecule has 2 N–H and O–H groups in total. The predicted molar refractivity (Wildman–Crippen MR) is 78.2 cm³/mol. The molecule has 1 rings (SSSR count). The number of aryl methyl sites for hydroxylation is 1. The molecule has 0 fully saturated rings. The van der Waals surface area contributed by atoms with Crippen molar-refractivity contribution in [2.45, 2.75) is 41.0 Å². The number of anilines is 2. The normalized spacial score (nSPS) is 12.6. The van der Waals surface area contributed by atoms with Crippen LogP contribution in [-0.4, -0.2) is 23.6 Å². The highest BCUT2D eigenvalue weighted by Crippen LogP contribution is 2.20. The smallest absolute Gasteiger partial charge is 0.134 e. The van der Waals surface area contributed by atoms with Crippen LogP contribution in [0.1, 0.15) is 39.1 Å². The Morgan fingerprint density at radius 1 is 1.11 bits per heavy atom. The van der Waals surface area contributed by atoms with Gasteiger partial charge in [0.2, 0.25) is 0 Å². The van der Waals surface area contributed by atoms with E-state index >= 15 is 0 Å². The Morgan fingerprint density at radius 2 is 1.72 bits per heavy atom. The first kappa shape index (κ1) is 14.7. The van der Waals surface area contributed by atoms with E-state index in [4.69, 9.17) is 0 Å². The first-order valence-electron chi connectivity index (χ1n) is 6.78. The van der Waals surface area contributed by atoms with Crippen molar-refractivity contribution in [3.63, 3.8) is 0 Å². The molecule has 0 aliphatic rings. The summed E-state index contributed by atoms with van der Waals surface area (Å²) >= 11 is 0. The third-order valence-electron chi connectivity index (χ3n) is 3.47. The maximum atomic E-state index is 4.57. The standard InChI is InChI=1S/C14H26N4/c1-7-12-17-13(15-6)11(5)14(18-12)16-8-10(4)9(2)3/h9-10H,7-8H2,1-6H3,(H2,15,16,17,18). The quantitative estimate of drug-likeness (QED) is 0.814. The first-order chi connectivity index (χ1) is 8.49. The van der Waals surface area contributed by atoms with Crippen LogP contribution in [0, 0.1) is 18.8 Å². The minimum atomic E-state index is 0.627. The van der Waals surface area contributed by atoms with Gasteiger partial charge in [-0.15, -0.1) is 0 Å². The molecule has 0 amide bonds. The highest BCUT2D eigenvalue weighted by molar-refractivity contribution is 5.56. The number of hydrogen-bond acceptors (Lipinski definition) is 4. The zero-order valence-corrected chi connectivity index (χ0v) is 12.5. The zero-order chi connectivity index (χ0) is 13.7. The highest BCUT2D eigenvalue weighted by Gasteiger charge is 2.11. The van der Waals surface area contributed by atoms with Gasteiger partial charge in [0, 0.05) is 25.6 Å². The SMILES string of the molecule is CCc1nc(NC)c(C)c(NCC(C)C(C)C)n1. The molecule has 1 unspecified atom stereocenters. The Bertz CT molecular complexity index is 388. The molecule has 1 aromatic rings. The maximum absolute atomic E-state index is 4.57. The Kier molecular flexibility index (Phi) is 5.38. The summed E-state index contributed by atoms with van der Waals surface area (Å²) in [5.41, 5.74) is 1.09. The Labute approximate surface area is 111 Å². The van der Waals surface area contributed by atoms with Crippen molar-refractivity contribution >= 4 is 11.6 Å². The van der Waals surface area contributed by atoms with Gasteiger partial charge in [-0.05, 0) is 18.8 Å². The lowest BCUT2D eigenvalue weighted by molar-refractivity contribution is 0.439. The number of nitrogens with one attached hydrogen (secondary N) is 2. The van der Waals surface area contributed by atoms with E-state index in [9.17, 15) is 0 Å². The molecule has 4 nitrogen and oxygen atoms in total. The number of rotatable bonds is 6. The van der Waals surface area contributed by atoms with Crippen LogP contribution in [0.15, 0.2) is 0 Å². The summed E-state index contributed by atoms with van der Waals surface area (Å²) in [7, 11) is 1.90. The van der Waals surface area contributed by atoms with Crippen molar-refractivity contribution < 1.29 is 0 Å².